The van der Waals surface area contributed by atoms with Crippen LogP contribution in [0.4, 0.5) is 4.79 Å². The normalized spacial score (nSPS) is 8.56. The van der Waals surface area contributed by atoms with Gasteiger partial charge in [0.2, 0.25) is 0 Å². The lowest BCUT2D eigenvalue weighted by molar-refractivity contribution is -0.268. The number of nitrogens with zero attached hydrogens (tertiary/aromatic N) is 1. The molecule has 0 heterocycles. The van der Waals surface area contributed by atoms with E-state index in [-0.39, 0.29) is 6.54 Å². The van der Waals surface area contributed by atoms with Gasteiger partial charge >= 0.3 is 0 Å². The molecule has 0 saturated heterocycles. The molecule has 0 atom stereocenters. The number of carbonyl (C=O) groups excluding carboxylic acids is 1. The number of aliphatic hydroxyl groups is 1. The summed E-state index contributed by atoms with van der Waals surface area (Å²) in [5, 5.41) is 18.2. The molecule has 0 aromatic carbocycles. The van der Waals surface area contributed by atoms with Crippen LogP contribution < -0.4 is 5.11 Å². The van der Waals surface area contributed by atoms with E-state index >= 15 is 0 Å². The van der Waals surface area contributed by atoms with Crippen LogP contribution in [0.5, 0.6) is 0 Å². The van der Waals surface area contributed by atoms with Crippen molar-refractivity contribution in [2.45, 2.75) is 0 Å². The van der Waals surface area contributed by atoms with E-state index in [1.807, 2.05) is 0 Å². The van der Waals surface area contributed by atoms with Crippen molar-refractivity contribution < 1.29 is 15.0 Å². The number of amides is 1. The van der Waals surface area contributed by atoms with Crippen molar-refractivity contribution in [1.29, 1.82) is 0 Å². The Morgan fingerprint density at radius 3 is 2.56 bits per heavy atom. The molecule has 1 N–H and O–H groups in total. The van der Waals surface area contributed by atoms with Gasteiger partial charge in [-0.3, -0.25) is 0 Å². The van der Waals surface area contributed by atoms with E-state index in [0.29, 0.717) is 4.90 Å². The molecule has 0 saturated carbocycles. The first-order chi connectivity index (χ1) is 4.22. The van der Waals surface area contributed by atoms with Crippen LogP contribution in [0.25, 0.3) is 0 Å². The summed E-state index contributed by atoms with van der Waals surface area (Å²) in [7, 11) is 0. The molecule has 0 aromatic rings. The maximum Gasteiger partial charge on any atom is 0.139 e. The van der Waals surface area contributed by atoms with Crippen molar-refractivity contribution in [3.8, 4) is 0 Å². The molecule has 0 bridgehead atoms. The molecule has 1 amide bonds. The molecule has 4 nitrogen and oxygen atoms in total. The molecule has 52 valence electrons. The van der Waals surface area contributed by atoms with Gasteiger partial charge in [0, 0.05) is 6.54 Å². The minimum atomic E-state index is -1.39. The van der Waals surface area contributed by atoms with E-state index in [0.717, 1.165) is 0 Å². The van der Waals surface area contributed by atoms with E-state index in [2.05, 4.69) is 6.58 Å². The number of carbonyl (C=O) groups is 1. The molecule has 0 aliphatic carbocycles. The van der Waals surface area contributed by atoms with Crippen molar-refractivity contribution in [3.05, 3.63) is 12.7 Å². The minimum Gasteiger partial charge on any atom is -0.530 e. The highest BCUT2D eigenvalue weighted by Crippen LogP contribution is 1.82. The van der Waals surface area contributed by atoms with Crippen LogP contribution in [-0.4, -0.2) is 29.4 Å². The highest BCUT2D eigenvalue weighted by atomic mass is 16.4. The zero-order chi connectivity index (χ0) is 7.28. The third-order valence-corrected chi connectivity index (χ3v) is 0.778. The van der Waals surface area contributed by atoms with Gasteiger partial charge in [-0.15, -0.1) is 6.58 Å². The molecule has 0 unspecified atom stereocenters. The predicted octanol–water partition coefficient (Wildman–Crippen LogP) is -1.23. The third-order valence-electron chi connectivity index (χ3n) is 0.778. The van der Waals surface area contributed by atoms with Crippen molar-refractivity contribution in [3.63, 3.8) is 0 Å². The van der Waals surface area contributed by atoms with Crippen molar-refractivity contribution >= 4 is 6.09 Å². The summed E-state index contributed by atoms with van der Waals surface area (Å²) in [5.74, 6) is 0. The van der Waals surface area contributed by atoms with Gasteiger partial charge in [-0.25, -0.2) is 0 Å². The van der Waals surface area contributed by atoms with Gasteiger partial charge in [0.05, 0.1) is 0 Å². The predicted molar refractivity (Wildman–Crippen MR) is 29.4 cm³/mol. The van der Waals surface area contributed by atoms with Crippen LogP contribution in [-0.2, 0) is 0 Å². The van der Waals surface area contributed by atoms with Gasteiger partial charge in [0.15, 0.2) is 0 Å². The van der Waals surface area contributed by atoms with Crippen LogP contribution >= 0.6 is 0 Å². The quantitative estimate of drug-likeness (QED) is 0.384. The first-order valence-electron chi connectivity index (χ1n) is 2.40. The van der Waals surface area contributed by atoms with Crippen LogP contribution in [0.15, 0.2) is 12.7 Å². The molecule has 0 rings (SSSR count). The SMILES string of the molecule is C=CCN(CO)C(=O)[O-]. The molecule has 0 aliphatic heterocycles. The van der Waals surface area contributed by atoms with E-state index in [9.17, 15) is 9.90 Å². The van der Waals surface area contributed by atoms with Gasteiger partial charge in [-0.2, -0.15) is 0 Å². The molecule has 0 spiro atoms. The summed E-state index contributed by atoms with van der Waals surface area (Å²) >= 11 is 0. The maximum atomic E-state index is 9.93. The average Bonchev–Trinajstić information content (AvgIpc) is 1.82. The Hall–Kier alpha value is -1.03. The highest BCUT2D eigenvalue weighted by Gasteiger charge is 1.95. The van der Waals surface area contributed by atoms with E-state index < -0.39 is 12.8 Å². The Morgan fingerprint density at radius 2 is 2.44 bits per heavy atom. The van der Waals surface area contributed by atoms with Crippen LogP contribution in [0.2, 0.25) is 0 Å². The molecule has 9 heavy (non-hydrogen) atoms. The summed E-state index contributed by atoms with van der Waals surface area (Å²) in [6.45, 7) is 2.84. The molecule has 0 radical (unpaired) electrons. The van der Waals surface area contributed by atoms with Crippen molar-refractivity contribution in [2.24, 2.45) is 0 Å². The van der Waals surface area contributed by atoms with E-state index in [1.165, 1.54) is 6.08 Å². The lowest BCUT2D eigenvalue weighted by Gasteiger charge is -2.19. The Labute approximate surface area is 53.0 Å². The summed E-state index contributed by atoms with van der Waals surface area (Å²) in [6, 6.07) is 0. The highest BCUT2D eigenvalue weighted by molar-refractivity contribution is 5.62. The van der Waals surface area contributed by atoms with Crippen molar-refractivity contribution in [2.75, 3.05) is 13.3 Å². The van der Waals surface area contributed by atoms with Gasteiger partial charge in [-0.05, 0) is 0 Å². The zero-order valence-electron chi connectivity index (χ0n) is 4.91. The van der Waals surface area contributed by atoms with Gasteiger partial charge < -0.3 is 19.9 Å². The first-order valence-corrected chi connectivity index (χ1v) is 2.40. The van der Waals surface area contributed by atoms with E-state index in [4.69, 9.17) is 5.11 Å². The Bertz CT molecular complexity index is 113. The number of hydrogen-bond acceptors (Lipinski definition) is 3. The van der Waals surface area contributed by atoms with Crippen LogP contribution in [0, 0.1) is 0 Å². The van der Waals surface area contributed by atoms with Crippen molar-refractivity contribution in [1.82, 2.24) is 4.90 Å². The lowest BCUT2D eigenvalue weighted by Crippen LogP contribution is -2.41. The molecule has 0 aliphatic rings. The van der Waals surface area contributed by atoms with E-state index in [1.54, 1.807) is 0 Å². The smallest absolute Gasteiger partial charge is 0.139 e. The number of hydrogen-bond donors (Lipinski definition) is 1. The minimum absolute atomic E-state index is 0.0961. The number of carboxylic acid groups (broad SMARTS) is 1. The summed E-state index contributed by atoms with van der Waals surface area (Å²) in [6.07, 6.45) is -0.0242. The molecule has 4 heteroatoms. The fourth-order valence-corrected chi connectivity index (χ4v) is 0.346. The van der Waals surface area contributed by atoms with Crippen LogP contribution in [0.3, 0.4) is 0 Å². The summed E-state index contributed by atoms with van der Waals surface area (Å²) in [4.78, 5) is 10.6. The fourth-order valence-electron chi connectivity index (χ4n) is 0.346. The second-order valence-electron chi connectivity index (χ2n) is 1.42. The van der Waals surface area contributed by atoms with Gasteiger partial charge in [-0.1, -0.05) is 6.08 Å². The second kappa shape index (κ2) is 3.91. The molecular weight excluding hydrogens is 122 g/mol. The molecule has 0 fully saturated rings. The maximum absolute atomic E-state index is 9.93. The Kier molecular flexibility index (Phi) is 3.46. The lowest BCUT2D eigenvalue weighted by atomic mass is 10.6. The third kappa shape index (κ3) is 2.71. The van der Waals surface area contributed by atoms with Gasteiger partial charge in [0.25, 0.3) is 0 Å². The van der Waals surface area contributed by atoms with Crippen LogP contribution in [0.1, 0.15) is 0 Å². The Morgan fingerprint density at radius 1 is 1.89 bits per heavy atom. The standard InChI is InChI=1S/C5H9NO3/c1-2-3-6(4-7)5(8)9/h2,7H,1,3-4H2,(H,8,9)/p-1. The summed E-state index contributed by atoms with van der Waals surface area (Å²) < 4.78 is 0. The summed E-state index contributed by atoms with van der Waals surface area (Å²) in [5.41, 5.74) is 0. The monoisotopic (exact) mass is 130 g/mol. The first kappa shape index (κ1) is 7.97. The molecule has 0 aromatic heterocycles. The fraction of sp³-hybridized carbons (Fsp3) is 0.400. The second-order valence-corrected chi connectivity index (χ2v) is 1.42. The average molecular weight is 130 g/mol. The zero-order valence-corrected chi connectivity index (χ0v) is 4.91. The molecular formula is C5H8NO3-. The topological polar surface area (TPSA) is 63.6 Å². The Balaban J connectivity index is 3.67. The number of rotatable bonds is 3. The van der Waals surface area contributed by atoms with Gasteiger partial charge in [0.1, 0.15) is 12.8 Å². The largest absolute Gasteiger partial charge is 0.530 e. The number of aliphatic hydroxyl groups excluding tert-OH is 1.